The Hall–Kier alpha value is -3.02. The third-order valence-electron chi connectivity index (χ3n) is 3.16. The van der Waals surface area contributed by atoms with Gasteiger partial charge in [-0.2, -0.15) is 9.97 Å². The van der Waals surface area contributed by atoms with E-state index in [1.54, 1.807) is 0 Å². The van der Waals surface area contributed by atoms with E-state index in [0.717, 1.165) is 0 Å². The lowest BCUT2D eigenvalue weighted by Gasteiger charge is -2.12. The molecule has 0 saturated carbocycles. The van der Waals surface area contributed by atoms with Crippen LogP contribution in [0.15, 0.2) is 29.3 Å². The molecule has 0 saturated heterocycles. The number of anilines is 1. The van der Waals surface area contributed by atoms with E-state index in [1.807, 2.05) is 4.72 Å². The van der Waals surface area contributed by atoms with Crippen LogP contribution < -0.4 is 19.5 Å². The van der Waals surface area contributed by atoms with E-state index in [4.69, 9.17) is 9.47 Å². The highest BCUT2D eigenvalue weighted by molar-refractivity contribution is 7.90. The maximum atomic E-state index is 13.3. The minimum Gasteiger partial charge on any atom is -0.481 e. The number of pyridine rings is 1. The summed E-state index contributed by atoms with van der Waals surface area (Å²) in [6, 6.07) is 2.86. The third-order valence-corrected chi connectivity index (χ3v) is 4.57. The van der Waals surface area contributed by atoms with Crippen LogP contribution in [0.4, 0.5) is 15.1 Å². The van der Waals surface area contributed by atoms with Gasteiger partial charge in [0.15, 0.2) is 0 Å². The number of amides is 2. The molecule has 10 nitrogen and oxygen atoms in total. The molecular weight excluding hydrogens is 381 g/mol. The minimum absolute atomic E-state index is 0.00657. The lowest BCUT2D eigenvalue weighted by atomic mass is 10.2. The van der Waals surface area contributed by atoms with Gasteiger partial charge in [-0.3, -0.25) is 10.3 Å². The van der Waals surface area contributed by atoms with Gasteiger partial charge < -0.3 is 9.47 Å². The number of nitrogens with one attached hydrogen (secondary N) is 2. The van der Waals surface area contributed by atoms with Crippen molar-refractivity contribution in [3.05, 3.63) is 30.1 Å². The molecule has 2 rings (SSSR count). The topological polar surface area (TPSA) is 132 Å². The maximum absolute atomic E-state index is 13.3. The van der Waals surface area contributed by atoms with Gasteiger partial charge in [-0.1, -0.05) is 0 Å². The number of hydrogen-bond acceptors (Lipinski definition) is 8. The minimum atomic E-state index is -4.30. The van der Waals surface area contributed by atoms with Crippen LogP contribution in [0.2, 0.25) is 0 Å². The van der Waals surface area contributed by atoms with Crippen LogP contribution in [0.1, 0.15) is 12.6 Å². The number of nitrogens with zero attached hydrogens (tertiary/aromatic N) is 3. The molecule has 0 fully saturated rings. The van der Waals surface area contributed by atoms with Crippen LogP contribution >= 0.6 is 0 Å². The second kappa shape index (κ2) is 8.58. The quantitative estimate of drug-likeness (QED) is 0.712. The van der Waals surface area contributed by atoms with Gasteiger partial charge in [-0.15, -0.1) is 0 Å². The van der Waals surface area contributed by atoms with Gasteiger partial charge in [-0.05, 0) is 19.1 Å². The Morgan fingerprint density at radius 3 is 2.44 bits per heavy atom. The third kappa shape index (κ3) is 5.48. The van der Waals surface area contributed by atoms with Gasteiger partial charge in [0, 0.05) is 12.6 Å². The van der Waals surface area contributed by atoms with Crippen molar-refractivity contribution in [2.75, 3.05) is 19.5 Å². The van der Waals surface area contributed by atoms with Gasteiger partial charge in [-0.25, -0.2) is 22.3 Å². The molecular formula is C15H18FN5O5S. The Morgan fingerprint density at radius 2 is 1.89 bits per heavy atom. The number of alkyl halides is 1. The lowest BCUT2D eigenvalue weighted by Crippen LogP contribution is -2.35. The van der Waals surface area contributed by atoms with Crippen molar-refractivity contribution >= 4 is 22.0 Å². The van der Waals surface area contributed by atoms with E-state index < -0.39 is 22.2 Å². The molecule has 0 aliphatic carbocycles. The zero-order valence-electron chi connectivity index (χ0n) is 14.8. The first-order valence-electron chi connectivity index (χ1n) is 7.64. The molecule has 146 valence electrons. The number of hydrogen-bond donors (Lipinski definition) is 2. The second-order valence-electron chi connectivity index (χ2n) is 5.27. The van der Waals surface area contributed by atoms with Crippen molar-refractivity contribution in [2.24, 2.45) is 0 Å². The van der Waals surface area contributed by atoms with E-state index in [9.17, 15) is 17.6 Å². The summed E-state index contributed by atoms with van der Waals surface area (Å²) in [5, 5.41) is 2.17. The Bertz CT molecular complexity index is 900. The van der Waals surface area contributed by atoms with Crippen molar-refractivity contribution < 1.29 is 27.1 Å². The molecule has 0 bridgehead atoms. The van der Waals surface area contributed by atoms with Crippen LogP contribution in [-0.4, -0.2) is 49.8 Å². The van der Waals surface area contributed by atoms with Crippen molar-refractivity contribution in [2.45, 2.75) is 24.4 Å². The summed E-state index contributed by atoms with van der Waals surface area (Å²) in [5.74, 6) is -0.0272. The molecule has 2 N–H and O–H groups in total. The van der Waals surface area contributed by atoms with Crippen molar-refractivity contribution in [1.82, 2.24) is 19.7 Å². The molecule has 2 heterocycles. The summed E-state index contributed by atoms with van der Waals surface area (Å²) in [6.07, 6.45) is -0.178. The van der Waals surface area contributed by atoms with Gasteiger partial charge in [0.05, 0.1) is 26.0 Å². The number of methoxy groups -OCH3 is 2. The van der Waals surface area contributed by atoms with Crippen LogP contribution in [0.5, 0.6) is 11.8 Å². The summed E-state index contributed by atoms with van der Waals surface area (Å²) in [7, 11) is -1.59. The van der Waals surface area contributed by atoms with Gasteiger partial charge in [0.25, 0.3) is 10.0 Å². The molecule has 1 atom stereocenters. The van der Waals surface area contributed by atoms with Crippen molar-refractivity contribution in [3.63, 3.8) is 0 Å². The number of carbonyl (C=O) groups excluding carboxylic acids is 1. The molecule has 0 aliphatic heterocycles. The molecule has 0 aliphatic rings. The van der Waals surface area contributed by atoms with Crippen LogP contribution in [0.25, 0.3) is 0 Å². The number of ether oxygens (including phenoxy) is 2. The fourth-order valence-corrected chi connectivity index (χ4v) is 3.17. The summed E-state index contributed by atoms with van der Waals surface area (Å²) in [6.45, 7) is 1.28. The van der Waals surface area contributed by atoms with Crippen molar-refractivity contribution in [3.8, 4) is 11.8 Å². The SMILES string of the molecule is COc1cc(OC)nc(NC(=O)NS(=O)(=O)c2cccnc2CC(C)F)n1. The standard InChI is InChI=1S/C15H18FN5O5S/c1-9(16)7-10-11(5-4-6-17-10)27(23,24)21-15(22)20-14-18-12(25-2)8-13(19-14)26-3/h4-6,8-9H,7H2,1-3H3,(H2,18,19,20,21,22). The highest BCUT2D eigenvalue weighted by atomic mass is 32.2. The van der Waals surface area contributed by atoms with E-state index in [-0.39, 0.29) is 34.7 Å². The largest absolute Gasteiger partial charge is 0.481 e. The first-order valence-corrected chi connectivity index (χ1v) is 9.12. The van der Waals surface area contributed by atoms with Crippen molar-refractivity contribution in [1.29, 1.82) is 0 Å². The predicted octanol–water partition coefficient (Wildman–Crippen LogP) is 1.30. The Morgan fingerprint density at radius 1 is 1.26 bits per heavy atom. The molecule has 0 radical (unpaired) electrons. The number of sulfonamides is 1. The first-order chi connectivity index (χ1) is 12.7. The summed E-state index contributed by atoms with van der Waals surface area (Å²) >= 11 is 0. The average Bonchev–Trinajstić information content (AvgIpc) is 2.60. The monoisotopic (exact) mass is 399 g/mol. The van der Waals surface area contributed by atoms with Gasteiger partial charge in [0.2, 0.25) is 17.7 Å². The van der Waals surface area contributed by atoms with Crippen LogP contribution in [-0.2, 0) is 16.4 Å². The molecule has 1 unspecified atom stereocenters. The number of rotatable bonds is 7. The summed E-state index contributed by atoms with van der Waals surface area (Å²) in [5.41, 5.74) is 0.00657. The van der Waals surface area contributed by atoms with E-state index in [1.165, 1.54) is 45.5 Å². The maximum Gasteiger partial charge on any atom is 0.335 e. The molecule has 0 spiro atoms. The highest BCUT2D eigenvalue weighted by Crippen LogP contribution is 2.18. The Kier molecular flexibility index (Phi) is 6.45. The highest BCUT2D eigenvalue weighted by Gasteiger charge is 2.23. The zero-order chi connectivity index (χ0) is 20.0. The molecule has 2 amide bonds. The summed E-state index contributed by atoms with van der Waals surface area (Å²) < 4.78 is 49.9. The van der Waals surface area contributed by atoms with E-state index >= 15 is 0 Å². The number of aromatic nitrogens is 3. The van der Waals surface area contributed by atoms with Gasteiger partial charge in [0.1, 0.15) is 11.1 Å². The smallest absolute Gasteiger partial charge is 0.335 e. The second-order valence-corrected chi connectivity index (χ2v) is 6.92. The summed E-state index contributed by atoms with van der Waals surface area (Å²) in [4.78, 5) is 23.4. The van der Waals surface area contributed by atoms with E-state index in [2.05, 4.69) is 20.3 Å². The first kappa shape index (κ1) is 20.3. The Labute approximate surface area is 155 Å². The normalized spacial score (nSPS) is 12.1. The molecule has 0 aromatic carbocycles. The number of halogens is 1. The fraction of sp³-hybridized carbons (Fsp3) is 0.333. The zero-order valence-corrected chi connectivity index (χ0v) is 15.6. The number of carbonyl (C=O) groups is 1. The predicted molar refractivity (Wildman–Crippen MR) is 93.0 cm³/mol. The lowest BCUT2D eigenvalue weighted by molar-refractivity contribution is 0.256. The fourth-order valence-electron chi connectivity index (χ4n) is 2.06. The molecule has 2 aromatic rings. The molecule has 12 heteroatoms. The molecule has 27 heavy (non-hydrogen) atoms. The Balaban J connectivity index is 2.20. The van der Waals surface area contributed by atoms with E-state index in [0.29, 0.717) is 0 Å². The van der Waals surface area contributed by atoms with Crippen LogP contribution in [0, 0.1) is 0 Å². The van der Waals surface area contributed by atoms with Gasteiger partial charge >= 0.3 is 6.03 Å². The number of urea groups is 1. The molecule has 2 aromatic heterocycles. The van der Waals surface area contributed by atoms with Crippen LogP contribution in [0.3, 0.4) is 0 Å². The average molecular weight is 399 g/mol.